The molecule has 25 heteroatoms. The van der Waals surface area contributed by atoms with E-state index in [1.54, 1.807) is 39.5 Å². The number of ether oxygens (including phenoxy) is 4. The molecule has 4 atom stereocenters. The van der Waals surface area contributed by atoms with Crippen molar-refractivity contribution < 1.29 is 67.9 Å². The lowest BCUT2D eigenvalue weighted by atomic mass is 9.81. The zero-order valence-corrected chi connectivity index (χ0v) is 41.1. The van der Waals surface area contributed by atoms with E-state index in [1.165, 1.54) is 0 Å². The summed E-state index contributed by atoms with van der Waals surface area (Å²) < 4.78 is 22.6. The standard InChI is InChI=1S/C46H77N11O14/c1-32(2)27-36-35(43(64)54-67)5-4-20-71-34-9-7-33(8-10-34)28-38(53-42(36)63)45(66)52-37(6-3-11-51-46(47)48)44(65)50-13-22-69-24-26-70-25-23-68-21-12-49-39(58)29-55-14-16-56(30-40(59)60)18-19-57(17-15-55)31-41(61)62/h7-10,32,35-38,67H,3-6,11-31H2,1-2H3,(H,49,58)(H,50,65)(H,52,66)(H,53,63)(H,54,64)(H,59,60)(H,61,62)(H4,47,48,51)/t35-,36+,37-,38-/m0/s1. The molecular formula is C46H77N11O14. The van der Waals surface area contributed by atoms with Crippen molar-refractivity contribution in [2.24, 2.45) is 23.5 Å². The van der Waals surface area contributed by atoms with Crippen LogP contribution >= 0.6 is 0 Å². The molecule has 0 aliphatic carbocycles. The third kappa shape index (κ3) is 25.3. The second-order valence-electron chi connectivity index (χ2n) is 17.9. The first-order valence-corrected chi connectivity index (χ1v) is 24.3. The van der Waals surface area contributed by atoms with E-state index in [9.17, 15) is 49.0 Å². The fraction of sp³-hybridized carbons (Fsp3) is 0.696. The summed E-state index contributed by atoms with van der Waals surface area (Å²) in [5.41, 5.74) is 7.84. The Bertz CT molecular complexity index is 1800. The van der Waals surface area contributed by atoms with Crippen LogP contribution in [0.4, 0.5) is 0 Å². The summed E-state index contributed by atoms with van der Waals surface area (Å²) in [7, 11) is 0. The number of carboxylic acid groups (broad SMARTS) is 2. The number of carboxylic acids is 2. The van der Waals surface area contributed by atoms with Gasteiger partial charge in [-0.2, -0.15) is 0 Å². The van der Waals surface area contributed by atoms with Crippen LogP contribution in [0, 0.1) is 23.2 Å². The molecule has 5 amide bonds. The minimum Gasteiger partial charge on any atom is -0.494 e. The number of rotatable bonds is 28. The Morgan fingerprint density at radius 1 is 0.789 bits per heavy atom. The highest BCUT2D eigenvalue weighted by Crippen LogP contribution is 2.27. The molecule has 400 valence electrons. The second kappa shape index (κ2) is 33.8. The van der Waals surface area contributed by atoms with Gasteiger partial charge < -0.3 is 61.5 Å². The number of hydrogen-bond donors (Lipinski definition) is 11. The van der Waals surface area contributed by atoms with Crippen molar-refractivity contribution >= 4 is 47.4 Å². The quantitative estimate of drug-likeness (QED) is 0.0139. The molecule has 1 aromatic carbocycles. The Morgan fingerprint density at radius 3 is 1.87 bits per heavy atom. The van der Waals surface area contributed by atoms with Crippen LogP contribution in [0.3, 0.4) is 0 Å². The van der Waals surface area contributed by atoms with Crippen molar-refractivity contribution in [3.05, 3.63) is 29.8 Å². The van der Waals surface area contributed by atoms with Gasteiger partial charge in [0, 0.05) is 71.2 Å². The zero-order chi connectivity index (χ0) is 52.0. The minimum atomic E-state index is -1.15. The van der Waals surface area contributed by atoms with Crippen molar-refractivity contribution in [3.63, 3.8) is 0 Å². The summed E-state index contributed by atoms with van der Waals surface area (Å²) in [5.74, 6) is -6.02. The number of hydroxylamine groups is 1. The molecule has 1 aromatic rings. The molecule has 12 N–H and O–H groups in total. The Kier molecular flexibility index (Phi) is 28.4. The lowest BCUT2D eigenvalue weighted by Crippen LogP contribution is -2.56. The average molecular weight is 1010 g/mol. The van der Waals surface area contributed by atoms with Gasteiger partial charge in [-0.15, -0.1) is 0 Å². The molecule has 2 bridgehead atoms. The molecular weight excluding hydrogens is 931 g/mol. The Morgan fingerprint density at radius 2 is 1.34 bits per heavy atom. The normalized spacial score (nSPS) is 19.1. The number of nitrogens with zero attached hydrogens (tertiary/aromatic N) is 3. The largest absolute Gasteiger partial charge is 0.494 e. The van der Waals surface area contributed by atoms with Crippen molar-refractivity contribution in [1.82, 2.24) is 46.8 Å². The van der Waals surface area contributed by atoms with Crippen LogP contribution in [0.15, 0.2) is 24.3 Å². The molecule has 71 heavy (non-hydrogen) atoms. The fourth-order valence-electron chi connectivity index (χ4n) is 8.04. The smallest absolute Gasteiger partial charge is 0.317 e. The predicted octanol–water partition coefficient (Wildman–Crippen LogP) is -2.21. The number of nitrogens with one attached hydrogen (secondary N) is 7. The van der Waals surface area contributed by atoms with Gasteiger partial charge in [-0.05, 0) is 55.7 Å². The van der Waals surface area contributed by atoms with E-state index >= 15 is 0 Å². The SMILES string of the molecule is CC(C)C[C@H]1C(=O)N[C@H](C(=O)N[C@@H](CCCNC(=N)N)C(=O)NCCOCCOCCOCCNC(=O)CN2CCN(CC(=O)O)CCN(CC(=O)O)CC2)Cc2ccc(cc2)OCCC[C@@H]1C(=O)NO. The molecule has 1 fully saturated rings. The number of guanidine groups is 1. The van der Waals surface area contributed by atoms with Crippen LogP contribution in [-0.2, 0) is 54.2 Å². The number of hydrogen-bond acceptors (Lipinski definition) is 16. The number of aliphatic carboxylic acids is 2. The molecule has 0 spiro atoms. The molecule has 4 rings (SSSR count). The van der Waals surface area contributed by atoms with Gasteiger partial charge in [-0.3, -0.25) is 58.9 Å². The van der Waals surface area contributed by atoms with Crippen molar-refractivity contribution in [1.29, 1.82) is 5.41 Å². The van der Waals surface area contributed by atoms with Gasteiger partial charge >= 0.3 is 11.9 Å². The lowest BCUT2D eigenvalue weighted by molar-refractivity contribution is -0.142. The van der Waals surface area contributed by atoms with Crippen LogP contribution in [0.25, 0.3) is 0 Å². The lowest BCUT2D eigenvalue weighted by Gasteiger charge is -2.29. The Hall–Kier alpha value is -5.70. The number of nitrogens with two attached hydrogens (primary N) is 1. The van der Waals surface area contributed by atoms with Gasteiger partial charge in [0.15, 0.2) is 5.96 Å². The molecule has 0 unspecified atom stereocenters. The summed E-state index contributed by atoms with van der Waals surface area (Å²) in [6.45, 7) is 8.36. The van der Waals surface area contributed by atoms with E-state index in [4.69, 9.17) is 30.1 Å². The molecule has 25 nitrogen and oxygen atoms in total. The van der Waals surface area contributed by atoms with E-state index in [0.29, 0.717) is 69.8 Å². The Labute approximate surface area is 415 Å². The van der Waals surface area contributed by atoms with E-state index in [2.05, 4.69) is 26.6 Å². The predicted molar refractivity (Wildman–Crippen MR) is 257 cm³/mol. The molecule has 3 aliphatic heterocycles. The van der Waals surface area contributed by atoms with Gasteiger partial charge in [0.25, 0.3) is 0 Å². The summed E-state index contributed by atoms with van der Waals surface area (Å²) in [6.07, 6.45) is 1.54. The Balaban J connectivity index is 1.44. The zero-order valence-electron chi connectivity index (χ0n) is 41.1. The highest BCUT2D eigenvalue weighted by molar-refractivity contribution is 5.94. The topological polar surface area (TPSA) is 349 Å². The van der Waals surface area contributed by atoms with E-state index in [-0.39, 0.29) is 123 Å². The maximum Gasteiger partial charge on any atom is 0.317 e. The summed E-state index contributed by atoms with van der Waals surface area (Å²) in [6, 6.07) is 4.88. The molecule has 3 aliphatic rings. The summed E-state index contributed by atoms with van der Waals surface area (Å²) in [4.78, 5) is 95.2. The highest BCUT2D eigenvalue weighted by atomic mass is 16.5. The van der Waals surface area contributed by atoms with Gasteiger partial charge in [0.2, 0.25) is 29.5 Å². The number of fused-ring (bicyclic) bond motifs is 11. The first-order chi connectivity index (χ1) is 34.0. The van der Waals surface area contributed by atoms with Crippen molar-refractivity contribution in [3.8, 4) is 5.75 Å². The molecule has 0 saturated carbocycles. The van der Waals surface area contributed by atoms with E-state index < -0.39 is 59.5 Å². The minimum absolute atomic E-state index is 0.00602. The first kappa shape index (κ1) is 59.6. The molecule has 3 heterocycles. The maximum absolute atomic E-state index is 14.1. The van der Waals surface area contributed by atoms with Crippen LogP contribution in [0.2, 0.25) is 0 Å². The molecule has 0 radical (unpaired) electrons. The van der Waals surface area contributed by atoms with Crippen LogP contribution in [-0.4, -0.2) is 214 Å². The van der Waals surface area contributed by atoms with Crippen molar-refractivity contribution in [2.45, 2.75) is 64.5 Å². The van der Waals surface area contributed by atoms with Crippen LogP contribution in [0.1, 0.15) is 51.5 Å². The monoisotopic (exact) mass is 1010 g/mol. The van der Waals surface area contributed by atoms with Gasteiger partial charge in [-0.25, -0.2) is 5.48 Å². The van der Waals surface area contributed by atoms with Crippen LogP contribution < -0.4 is 42.5 Å². The third-order valence-electron chi connectivity index (χ3n) is 11.7. The highest BCUT2D eigenvalue weighted by Gasteiger charge is 2.37. The average Bonchev–Trinajstić information content (AvgIpc) is 3.40. The fourth-order valence-corrected chi connectivity index (χ4v) is 8.04. The third-order valence-corrected chi connectivity index (χ3v) is 11.7. The summed E-state index contributed by atoms with van der Waals surface area (Å²) in [5, 5.41) is 49.5. The molecule has 1 saturated heterocycles. The first-order valence-electron chi connectivity index (χ1n) is 24.3. The van der Waals surface area contributed by atoms with Gasteiger partial charge in [0.1, 0.15) is 17.8 Å². The number of carbonyl (C=O) groups is 7. The van der Waals surface area contributed by atoms with E-state index in [0.717, 1.165) is 0 Å². The van der Waals surface area contributed by atoms with E-state index in [1.807, 2.05) is 18.7 Å². The number of carbonyl (C=O) groups excluding carboxylic acids is 5. The van der Waals surface area contributed by atoms with Crippen LogP contribution in [0.5, 0.6) is 5.75 Å². The number of benzene rings is 1. The van der Waals surface area contributed by atoms with Gasteiger partial charge in [-0.1, -0.05) is 26.0 Å². The molecule has 0 aromatic heterocycles. The summed E-state index contributed by atoms with van der Waals surface area (Å²) >= 11 is 0. The number of amides is 5. The van der Waals surface area contributed by atoms with Gasteiger partial charge in [0.05, 0.1) is 71.8 Å². The second-order valence-corrected chi connectivity index (χ2v) is 17.9. The van der Waals surface area contributed by atoms with Crippen molar-refractivity contribution in [2.75, 3.05) is 125 Å². The maximum atomic E-state index is 14.1.